The lowest BCUT2D eigenvalue weighted by molar-refractivity contribution is 0.0697. The number of benzene rings is 2. The van der Waals surface area contributed by atoms with Crippen LogP contribution in [0.5, 0.6) is 5.75 Å². The van der Waals surface area contributed by atoms with Gasteiger partial charge in [-0.15, -0.1) is 0 Å². The molecular formula is C31H33N5O4. The molecular weight excluding hydrogens is 506 g/mol. The number of aromatic nitrogens is 1. The zero-order valence-corrected chi connectivity index (χ0v) is 22.8. The lowest BCUT2D eigenvalue weighted by atomic mass is 9.99. The number of amides is 2. The van der Waals surface area contributed by atoms with Crippen molar-refractivity contribution in [1.82, 2.24) is 15.3 Å². The number of carboxylic acids is 1. The first kappa shape index (κ1) is 28.1. The highest BCUT2D eigenvalue weighted by Crippen LogP contribution is 2.28. The molecule has 0 bridgehead atoms. The van der Waals surface area contributed by atoms with Gasteiger partial charge in [0.05, 0.1) is 34.6 Å². The molecule has 1 aliphatic heterocycles. The fourth-order valence-electron chi connectivity index (χ4n) is 4.48. The van der Waals surface area contributed by atoms with Gasteiger partial charge >= 0.3 is 12.0 Å². The van der Waals surface area contributed by atoms with E-state index in [0.717, 1.165) is 40.8 Å². The summed E-state index contributed by atoms with van der Waals surface area (Å²) in [7, 11) is 0. The molecule has 206 valence electrons. The molecule has 0 saturated heterocycles. The average Bonchev–Trinajstić information content (AvgIpc) is 2.96. The van der Waals surface area contributed by atoms with Gasteiger partial charge in [0.25, 0.3) is 0 Å². The Morgan fingerprint density at radius 2 is 1.73 bits per heavy atom. The van der Waals surface area contributed by atoms with Crippen molar-refractivity contribution >= 4 is 23.4 Å². The summed E-state index contributed by atoms with van der Waals surface area (Å²) in [5, 5.41) is 32.0. The lowest BCUT2D eigenvalue weighted by Crippen LogP contribution is -2.35. The van der Waals surface area contributed by atoms with Crippen molar-refractivity contribution in [2.75, 3.05) is 11.9 Å². The van der Waals surface area contributed by atoms with Gasteiger partial charge in [0.15, 0.2) is 5.75 Å². The number of hydrazone groups is 1. The Morgan fingerprint density at radius 3 is 2.40 bits per heavy atom. The molecule has 1 aliphatic rings. The lowest BCUT2D eigenvalue weighted by Gasteiger charge is -2.28. The maximum atomic E-state index is 13.2. The first-order valence-corrected chi connectivity index (χ1v) is 13.3. The van der Waals surface area contributed by atoms with Gasteiger partial charge in [0.2, 0.25) is 0 Å². The molecule has 2 amide bonds. The van der Waals surface area contributed by atoms with Crippen LogP contribution in [0.25, 0.3) is 11.1 Å². The van der Waals surface area contributed by atoms with E-state index in [0.29, 0.717) is 30.1 Å². The van der Waals surface area contributed by atoms with E-state index in [1.165, 1.54) is 6.20 Å². The largest absolute Gasteiger partial charge is 0.504 e. The number of nitrogens with one attached hydrogen (secondary N) is 2. The number of anilines is 1. The fourth-order valence-corrected chi connectivity index (χ4v) is 4.48. The zero-order valence-electron chi connectivity index (χ0n) is 22.8. The van der Waals surface area contributed by atoms with Crippen molar-refractivity contribution in [1.29, 1.82) is 0 Å². The number of hydrogen-bond acceptors (Lipinski definition) is 6. The molecule has 2 aromatic carbocycles. The van der Waals surface area contributed by atoms with Crippen LogP contribution in [0.4, 0.5) is 10.5 Å². The molecule has 0 saturated carbocycles. The summed E-state index contributed by atoms with van der Waals surface area (Å²) in [4.78, 5) is 28.4. The Bertz CT molecular complexity index is 1490. The number of carbonyl (C=O) groups excluding carboxylic acids is 1. The van der Waals surface area contributed by atoms with E-state index in [-0.39, 0.29) is 11.3 Å². The van der Waals surface area contributed by atoms with Crippen molar-refractivity contribution in [3.8, 4) is 16.9 Å². The van der Waals surface area contributed by atoms with E-state index in [1.807, 2.05) is 62.2 Å². The summed E-state index contributed by atoms with van der Waals surface area (Å²) in [6.07, 6.45) is 9.03. The predicted octanol–water partition coefficient (Wildman–Crippen LogP) is 6.14. The van der Waals surface area contributed by atoms with Gasteiger partial charge in [-0.2, -0.15) is 5.10 Å². The minimum atomic E-state index is -0.970. The summed E-state index contributed by atoms with van der Waals surface area (Å²) < 4.78 is 0. The van der Waals surface area contributed by atoms with Crippen LogP contribution in [0.3, 0.4) is 0 Å². The number of pyridine rings is 1. The Hall–Kier alpha value is -4.92. The molecule has 9 heteroatoms. The number of hydrogen-bond donors (Lipinski definition) is 4. The van der Waals surface area contributed by atoms with Crippen molar-refractivity contribution in [3.05, 3.63) is 101 Å². The molecule has 0 aliphatic carbocycles. The first-order valence-electron chi connectivity index (χ1n) is 13.3. The fraction of sp³-hybridized carbons (Fsp3) is 0.226. The predicted molar refractivity (Wildman–Crippen MR) is 156 cm³/mol. The van der Waals surface area contributed by atoms with Crippen LogP contribution in [0, 0.1) is 0 Å². The summed E-state index contributed by atoms with van der Waals surface area (Å²) in [5.74, 6) is -1.06. The standard InChI is InChI=1S/C31H33N5O4/c1-4-8-24-18-32-19-28(37)29(24)34-31(40)33-26-17-25(35-36(6-3)27(26)9-5-2)23-11-7-10-22(16-23)20-12-14-21(15-13-20)30(38)39/h7,9-19,37H,4-6,8H2,1-3H3,(H,38,39)(H2,32,33,34,40). The molecule has 0 unspecified atom stereocenters. The molecule has 40 heavy (non-hydrogen) atoms. The Kier molecular flexibility index (Phi) is 8.96. The van der Waals surface area contributed by atoms with Crippen molar-refractivity contribution < 1.29 is 19.8 Å². The van der Waals surface area contributed by atoms with Crippen LogP contribution in [0.2, 0.25) is 0 Å². The SMILES string of the molecule is CCC=C1C(NC(=O)Nc2c(O)cncc2CCC)=CC(c2cccc(-c3ccc(C(=O)O)cc3)c2)=NN1CC. The second-order valence-electron chi connectivity index (χ2n) is 9.24. The number of rotatable bonds is 9. The Morgan fingerprint density at radius 1 is 0.975 bits per heavy atom. The Balaban J connectivity index is 1.66. The maximum absolute atomic E-state index is 13.2. The zero-order chi connectivity index (χ0) is 28.6. The number of allylic oxidation sites excluding steroid dienone is 2. The van der Waals surface area contributed by atoms with Crippen LogP contribution < -0.4 is 10.6 Å². The van der Waals surface area contributed by atoms with Crippen molar-refractivity contribution in [3.63, 3.8) is 0 Å². The van der Waals surface area contributed by atoms with E-state index < -0.39 is 12.0 Å². The van der Waals surface area contributed by atoms with E-state index in [4.69, 9.17) is 5.10 Å². The van der Waals surface area contributed by atoms with E-state index >= 15 is 0 Å². The third kappa shape index (κ3) is 6.37. The average molecular weight is 540 g/mol. The van der Waals surface area contributed by atoms with Gasteiger partial charge in [-0.25, -0.2) is 9.59 Å². The highest BCUT2D eigenvalue weighted by atomic mass is 16.4. The van der Waals surface area contributed by atoms with E-state index in [1.54, 1.807) is 30.5 Å². The monoisotopic (exact) mass is 539 g/mol. The highest BCUT2D eigenvalue weighted by Gasteiger charge is 2.22. The van der Waals surface area contributed by atoms with Gasteiger partial charge in [0.1, 0.15) is 0 Å². The molecule has 4 rings (SSSR count). The van der Waals surface area contributed by atoms with Crippen molar-refractivity contribution in [2.24, 2.45) is 5.10 Å². The highest BCUT2D eigenvalue weighted by molar-refractivity contribution is 6.11. The van der Waals surface area contributed by atoms with Gasteiger partial charge < -0.3 is 20.8 Å². The van der Waals surface area contributed by atoms with E-state index in [9.17, 15) is 19.8 Å². The number of likely N-dealkylation sites (N-methyl/N-ethyl adjacent to an activating group) is 1. The topological polar surface area (TPSA) is 127 Å². The van der Waals surface area contributed by atoms with Crippen LogP contribution in [0.1, 0.15) is 55.1 Å². The van der Waals surface area contributed by atoms with E-state index in [2.05, 4.69) is 15.6 Å². The van der Waals surface area contributed by atoms with Crippen LogP contribution in [0.15, 0.2) is 89.6 Å². The summed E-state index contributed by atoms with van der Waals surface area (Å²) in [5.41, 5.74) is 5.96. The number of urea groups is 1. The number of nitrogens with zero attached hydrogens (tertiary/aromatic N) is 3. The van der Waals surface area contributed by atoms with Gasteiger partial charge in [-0.05, 0) is 60.7 Å². The summed E-state index contributed by atoms with van der Waals surface area (Å²) in [6, 6.07) is 14.0. The minimum Gasteiger partial charge on any atom is -0.504 e. The summed E-state index contributed by atoms with van der Waals surface area (Å²) >= 11 is 0. The third-order valence-electron chi connectivity index (χ3n) is 6.39. The quantitative estimate of drug-likeness (QED) is 0.259. The minimum absolute atomic E-state index is 0.0892. The first-order chi connectivity index (χ1) is 19.3. The number of aromatic hydroxyl groups is 1. The molecule has 0 radical (unpaired) electrons. The second-order valence-corrected chi connectivity index (χ2v) is 9.24. The Labute approximate surface area is 233 Å². The van der Waals surface area contributed by atoms with Crippen molar-refractivity contribution in [2.45, 2.75) is 40.0 Å². The molecule has 0 spiro atoms. The normalized spacial score (nSPS) is 14.0. The second kappa shape index (κ2) is 12.8. The van der Waals surface area contributed by atoms with Gasteiger partial charge in [0, 0.05) is 18.3 Å². The molecule has 0 atom stereocenters. The van der Waals surface area contributed by atoms with Crippen LogP contribution in [-0.4, -0.2) is 44.5 Å². The third-order valence-corrected chi connectivity index (χ3v) is 6.39. The smallest absolute Gasteiger partial charge is 0.335 e. The van der Waals surface area contributed by atoms with Gasteiger partial charge in [-0.3, -0.25) is 9.99 Å². The number of carboxylic acid groups (broad SMARTS) is 1. The molecule has 1 aromatic heterocycles. The number of aromatic carboxylic acids is 1. The molecule has 3 aromatic rings. The number of aryl methyl sites for hydroxylation is 1. The molecule has 0 fully saturated rings. The van der Waals surface area contributed by atoms with Crippen LogP contribution >= 0.6 is 0 Å². The molecule has 2 heterocycles. The summed E-state index contributed by atoms with van der Waals surface area (Å²) in [6.45, 7) is 6.60. The molecule has 9 nitrogen and oxygen atoms in total. The number of carbonyl (C=O) groups is 2. The molecule has 4 N–H and O–H groups in total. The van der Waals surface area contributed by atoms with Crippen LogP contribution in [-0.2, 0) is 6.42 Å². The van der Waals surface area contributed by atoms with Gasteiger partial charge in [-0.1, -0.05) is 56.7 Å². The maximum Gasteiger partial charge on any atom is 0.335 e.